The van der Waals surface area contributed by atoms with Crippen molar-refractivity contribution in [3.63, 3.8) is 0 Å². The zero-order chi connectivity index (χ0) is 30.2. The molecule has 3 aromatic rings. The van der Waals surface area contributed by atoms with Gasteiger partial charge < -0.3 is 9.47 Å². The Bertz CT molecular complexity index is 1180. The van der Waals surface area contributed by atoms with Crippen LogP contribution in [-0.2, 0) is 15.9 Å². The van der Waals surface area contributed by atoms with E-state index in [4.69, 9.17) is 20.7 Å². The molecule has 2 nitrogen and oxygen atoms in total. The number of ether oxygens (including phenoxy) is 2. The van der Waals surface area contributed by atoms with Gasteiger partial charge in [-0.05, 0) is 119 Å². The van der Waals surface area contributed by atoms with E-state index in [2.05, 4.69) is 114 Å². The summed E-state index contributed by atoms with van der Waals surface area (Å²) in [5.41, 5.74) is 5.28. The summed E-state index contributed by atoms with van der Waals surface area (Å²) in [6, 6.07) is 24.1. The van der Waals surface area contributed by atoms with E-state index >= 15 is 0 Å². The number of hydrogen-bond donors (Lipinski definition) is 0. The molecule has 42 heavy (non-hydrogen) atoms. The van der Waals surface area contributed by atoms with Gasteiger partial charge in [-0.15, -0.1) is 0 Å². The fourth-order valence-electron chi connectivity index (χ4n) is 5.59. The molecule has 3 rings (SSSR count). The van der Waals surface area contributed by atoms with E-state index in [0.717, 1.165) is 64.6 Å². The van der Waals surface area contributed by atoms with Crippen molar-refractivity contribution >= 4 is 33.8 Å². The number of hydrogen-bond acceptors (Lipinski definition) is 2. The van der Waals surface area contributed by atoms with E-state index < -0.39 is 6.62 Å². The zero-order valence-corrected chi connectivity index (χ0v) is 28.4. The third-order valence-electron chi connectivity index (χ3n) is 7.95. The van der Waals surface area contributed by atoms with Gasteiger partial charge in [0.25, 0.3) is 0 Å². The summed E-state index contributed by atoms with van der Waals surface area (Å²) in [5.74, 6) is 0. The van der Waals surface area contributed by atoms with Gasteiger partial charge in [-0.25, -0.2) is 0 Å². The standard InChI is InChI=1S/C38H53ClO2P/c1-6-29-40-38(41-30-7-2)28-15-13-11-9-8-10-12-14-23-34-24-20-27-37(33(34)5)42(39,35-25-18-16-21-31(35)3)36-26-19-17-22-32(36)4/h8,10,16-22,24-27,38H,6-7,9,11-15,23,28-30H2,1-5H3/q+1/b10-8+. The third kappa shape index (κ3) is 9.78. The second-order valence-corrected chi connectivity index (χ2v) is 15.5. The van der Waals surface area contributed by atoms with Crippen molar-refractivity contribution in [1.82, 2.24) is 0 Å². The first-order valence-corrected chi connectivity index (χ1v) is 18.8. The maximum atomic E-state index is 7.91. The third-order valence-corrected chi connectivity index (χ3v) is 13.1. The molecule has 228 valence electrons. The molecule has 0 N–H and O–H groups in total. The average Bonchev–Trinajstić information content (AvgIpc) is 2.99. The molecule has 0 amide bonds. The first kappa shape index (κ1) is 34.5. The van der Waals surface area contributed by atoms with Crippen molar-refractivity contribution in [2.45, 2.75) is 105 Å². The van der Waals surface area contributed by atoms with E-state index in [1.807, 2.05) is 0 Å². The highest BCUT2D eigenvalue weighted by Gasteiger charge is 2.48. The normalized spacial score (nSPS) is 12.1. The van der Waals surface area contributed by atoms with Crippen LogP contribution < -0.4 is 15.9 Å². The van der Waals surface area contributed by atoms with Gasteiger partial charge in [0.15, 0.2) is 6.29 Å². The van der Waals surface area contributed by atoms with Gasteiger partial charge >= 0.3 is 0 Å². The maximum absolute atomic E-state index is 7.91. The second kappa shape index (κ2) is 18.6. The highest BCUT2D eigenvalue weighted by atomic mass is 35.7. The molecule has 0 saturated heterocycles. The predicted octanol–water partition coefficient (Wildman–Crippen LogP) is 10.1. The Balaban J connectivity index is 1.56. The zero-order valence-electron chi connectivity index (χ0n) is 26.7. The largest absolute Gasteiger partial charge is 0.353 e. The fourth-order valence-corrected chi connectivity index (χ4v) is 10.7. The summed E-state index contributed by atoms with van der Waals surface area (Å²) in [4.78, 5) is 0. The summed E-state index contributed by atoms with van der Waals surface area (Å²) in [6.07, 6.45) is 15.9. The molecule has 0 bridgehead atoms. The summed E-state index contributed by atoms with van der Waals surface area (Å²) in [6.45, 7) is 10.2. The Kier molecular flexibility index (Phi) is 15.3. The Morgan fingerprint density at radius 3 is 1.79 bits per heavy atom. The van der Waals surface area contributed by atoms with Gasteiger partial charge in [-0.3, -0.25) is 0 Å². The highest BCUT2D eigenvalue weighted by molar-refractivity contribution is 8.15. The van der Waals surface area contributed by atoms with Crippen LogP contribution in [0.25, 0.3) is 0 Å². The molecular weight excluding hydrogens is 555 g/mol. The quantitative estimate of drug-likeness (QED) is 0.0584. The van der Waals surface area contributed by atoms with Crippen LogP contribution in [-0.4, -0.2) is 19.5 Å². The number of allylic oxidation sites excluding steroid dienone is 2. The molecule has 3 aromatic carbocycles. The van der Waals surface area contributed by atoms with E-state index in [-0.39, 0.29) is 6.29 Å². The molecule has 0 spiro atoms. The summed E-state index contributed by atoms with van der Waals surface area (Å²) in [5, 5.41) is 3.83. The molecule has 4 heteroatoms. The summed E-state index contributed by atoms with van der Waals surface area (Å²) in [7, 11) is 0. The van der Waals surface area contributed by atoms with Crippen LogP contribution in [0.5, 0.6) is 0 Å². The van der Waals surface area contributed by atoms with E-state index in [9.17, 15) is 0 Å². The molecule has 0 saturated carbocycles. The Labute approximate surface area is 262 Å². The number of rotatable bonds is 19. The molecule has 0 aliphatic rings. The lowest BCUT2D eigenvalue weighted by Crippen LogP contribution is -2.32. The first-order valence-electron chi connectivity index (χ1n) is 16.1. The van der Waals surface area contributed by atoms with Gasteiger partial charge in [-0.2, -0.15) is 0 Å². The maximum Gasteiger partial charge on any atom is 0.211 e. The molecule has 0 aliphatic heterocycles. The van der Waals surface area contributed by atoms with E-state index in [1.54, 1.807) is 0 Å². The molecule has 0 aliphatic carbocycles. The Hall–Kier alpha value is -1.96. The van der Waals surface area contributed by atoms with Crippen molar-refractivity contribution in [1.29, 1.82) is 0 Å². The van der Waals surface area contributed by atoms with Crippen molar-refractivity contribution < 1.29 is 9.47 Å². The first-order chi connectivity index (χ1) is 20.4. The van der Waals surface area contributed by atoms with Gasteiger partial charge in [0, 0.05) is 13.2 Å². The molecule has 0 aromatic heterocycles. The van der Waals surface area contributed by atoms with Crippen LogP contribution in [0, 0.1) is 20.8 Å². The van der Waals surface area contributed by atoms with Crippen LogP contribution in [0.3, 0.4) is 0 Å². The molecule has 0 heterocycles. The minimum atomic E-state index is -2.31. The predicted molar refractivity (Wildman–Crippen MR) is 187 cm³/mol. The Morgan fingerprint density at radius 1 is 0.667 bits per heavy atom. The number of aryl methyl sites for hydroxylation is 3. The molecule has 0 fully saturated rings. The average molecular weight is 608 g/mol. The lowest BCUT2D eigenvalue weighted by molar-refractivity contribution is -0.146. The van der Waals surface area contributed by atoms with Crippen LogP contribution in [0.4, 0.5) is 0 Å². The SMILES string of the molecule is CCCOC(CCCCC/C=C/CCCc1cccc([P+](Cl)(c2ccccc2C)c2ccccc2C)c1C)OCCC. The minimum Gasteiger partial charge on any atom is -0.353 e. The molecule has 0 unspecified atom stereocenters. The van der Waals surface area contributed by atoms with Crippen LogP contribution in [0.2, 0.25) is 0 Å². The lowest BCUT2D eigenvalue weighted by Gasteiger charge is -2.24. The monoisotopic (exact) mass is 607 g/mol. The number of benzene rings is 3. The van der Waals surface area contributed by atoms with Gasteiger partial charge in [0.05, 0.1) is 0 Å². The van der Waals surface area contributed by atoms with E-state index in [1.165, 1.54) is 51.0 Å². The van der Waals surface area contributed by atoms with Gasteiger partial charge in [-0.1, -0.05) is 81.0 Å². The summed E-state index contributed by atoms with van der Waals surface area (Å²) >= 11 is 7.91. The van der Waals surface area contributed by atoms with Crippen molar-refractivity contribution in [3.05, 3.63) is 101 Å². The molecule has 0 radical (unpaired) electrons. The molecule has 0 atom stereocenters. The topological polar surface area (TPSA) is 18.5 Å². The van der Waals surface area contributed by atoms with Gasteiger partial charge in [0.2, 0.25) is 6.62 Å². The smallest absolute Gasteiger partial charge is 0.211 e. The fraction of sp³-hybridized carbons (Fsp3) is 0.474. The van der Waals surface area contributed by atoms with Crippen molar-refractivity contribution in [3.8, 4) is 0 Å². The van der Waals surface area contributed by atoms with Crippen molar-refractivity contribution in [2.24, 2.45) is 0 Å². The Morgan fingerprint density at radius 2 is 1.21 bits per heavy atom. The molecular formula is C38H53ClO2P+. The van der Waals surface area contributed by atoms with Crippen LogP contribution in [0.1, 0.15) is 93.9 Å². The lowest BCUT2D eigenvalue weighted by atomic mass is 10.0. The van der Waals surface area contributed by atoms with Crippen molar-refractivity contribution in [2.75, 3.05) is 13.2 Å². The number of unbranched alkanes of at least 4 members (excludes halogenated alkanes) is 4. The number of halogens is 1. The van der Waals surface area contributed by atoms with Crippen LogP contribution >= 0.6 is 17.9 Å². The van der Waals surface area contributed by atoms with Gasteiger partial charge in [0.1, 0.15) is 27.2 Å². The second-order valence-electron chi connectivity index (χ2n) is 11.4. The van der Waals surface area contributed by atoms with Crippen LogP contribution in [0.15, 0.2) is 78.9 Å². The minimum absolute atomic E-state index is 0.0260. The highest BCUT2D eigenvalue weighted by Crippen LogP contribution is 2.62. The summed E-state index contributed by atoms with van der Waals surface area (Å²) < 4.78 is 11.7. The van der Waals surface area contributed by atoms with E-state index in [0.29, 0.717) is 0 Å².